The predicted molar refractivity (Wildman–Crippen MR) is 111 cm³/mol. The number of fused-ring (bicyclic) bond motifs is 1. The van der Waals surface area contributed by atoms with Crippen molar-refractivity contribution in [2.45, 2.75) is 6.04 Å². The summed E-state index contributed by atoms with van der Waals surface area (Å²) in [6.45, 7) is 0. The van der Waals surface area contributed by atoms with Crippen LogP contribution < -0.4 is 10.6 Å². The van der Waals surface area contributed by atoms with Crippen molar-refractivity contribution in [2.24, 2.45) is 0 Å². The first-order valence-electron chi connectivity index (χ1n) is 8.55. The molecule has 0 aliphatic carbocycles. The van der Waals surface area contributed by atoms with E-state index >= 15 is 0 Å². The summed E-state index contributed by atoms with van der Waals surface area (Å²) in [4.78, 5) is 24.4. The Labute approximate surface area is 175 Å². The van der Waals surface area contributed by atoms with Gasteiger partial charge in [0, 0.05) is 15.7 Å². The highest BCUT2D eigenvalue weighted by Crippen LogP contribution is 2.35. The number of hydrogen-bond donors (Lipinski definition) is 3. The molecule has 1 aliphatic rings. The van der Waals surface area contributed by atoms with Gasteiger partial charge in [-0.1, -0.05) is 41.4 Å². The zero-order valence-corrected chi connectivity index (χ0v) is 16.3. The second-order valence-electron chi connectivity index (χ2n) is 6.29. The van der Waals surface area contributed by atoms with E-state index in [9.17, 15) is 14.7 Å². The van der Waals surface area contributed by atoms with Gasteiger partial charge in [-0.3, -0.25) is 4.79 Å². The predicted octanol–water partition coefficient (Wildman–Crippen LogP) is 4.43. The van der Waals surface area contributed by atoms with Gasteiger partial charge in [0.15, 0.2) is 0 Å². The van der Waals surface area contributed by atoms with E-state index in [0.717, 1.165) is 0 Å². The quantitative estimate of drug-likeness (QED) is 0.571. The number of benzene rings is 2. The topological polar surface area (TPSA) is 96.2 Å². The van der Waals surface area contributed by atoms with E-state index in [4.69, 9.17) is 23.2 Å². The minimum absolute atomic E-state index is 0.0662. The molecule has 0 fully saturated rings. The van der Waals surface area contributed by atoms with Gasteiger partial charge in [-0.15, -0.1) is 0 Å². The molecule has 146 valence electrons. The zero-order chi connectivity index (χ0) is 20.5. The van der Waals surface area contributed by atoms with Crippen molar-refractivity contribution in [1.82, 2.24) is 9.78 Å². The number of allylic oxidation sites excluding steroid dienone is 1. The molecule has 3 aromatic rings. The van der Waals surface area contributed by atoms with Crippen LogP contribution in [0.15, 0.2) is 66.5 Å². The Bertz CT molecular complexity index is 1140. The molecule has 9 heteroatoms. The van der Waals surface area contributed by atoms with Crippen molar-refractivity contribution in [3.05, 3.63) is 87.7 Å². The van der Waals surface area contributed by atoms with E-state index in [2.05, 4.69) is 15.7 Å². The maximum absolute atomic E-state index is 12.8. The highest BCUT2D eigenvalue weighted by atomic mass is 35.5. The Hall–Kier alpha value is -3.29. The van der Waals surface area contributed by atoms with Crippen LogP contribution in [0.1, 0.15) is 22.0 Å². The molecule has 1 aromatic heterocycles. The Morgan fingerprint density at radius 2 is 1.83 bits per heavy atom. The minimum Gasteiger partial charge on any atom is -0.477 e. The fraction of sp³-hybridized carbons (Fsp3) is 0.0500. The first-order valence-corrected chi connectivity index (χ1v) is 9.30. The van der Waals surface area contributed by atoms with E-state index in [1.807, 2.05) is 0 Å². The molecule has 29 heavy (non-hydrogen) atoms. The Balaban J connectivity index is 1.73. The average Bonchev–Trinajstić information content (AvgIpc) is 3.13. The van der Waals surface area contributed by atoms with Crippen molar-refractivity contribution < 1.29 is 14.7 Å². The van der Waals surface area contributed by atoms with Gasteiger partial charge in [0.2, 0.25) is 0 Å². The van der Waals surface area contributed by atoms with E-state index in [1.165, 1.54) is 17.0 Å². The maximum Gasteiger partial charge on any atom is 0.352 e. The summed E-state index contributed by atoms with van der Waals surface area (Å²) in [6, 6.07) is 13.1. The van der Waals surface area contributed by atoms with E-state index in [1.54, 1.807) is 48.5 Å². The lowest BCUT2D eigenvalue weighted by atomic mass is 10.0. The number of aromatic nitrogens is 2. The molecule has 1 aliphatic heterocycles. The molecule has 0 unspecified atom stereocenters. The summed E-state index contributed by atoms with van der Waals surface area (Å²) in [5.41, 5.74) is 1.35. The van der Waals surface area contributed by atoms with Crippen LogP contribution in [-0.2, 0) is 4.79 Å². The Morgan fingerprint density at radius 3 is 2.52 bits per heavy atom. The molecule has 1 amide bonds. The van der Waals surface area contributed by atoms with Crippen molar-refractivity contribution in [1.29, 1.82) is 0 Å². The summed E-state index contributed by atoms with van der Waals surface area (Å²) in [7, 11) is 0. The van der Waals surface area contributed by atoms with Crippen LogP contribution in [-0.4, -0.2) is 26.8 Å². The number of carboxylic acid groups (broad SMARTS) is 1. The molecule has 4 rings (SSSR count). The van der Waals surface area contributed by atoms with Crippen LogP contribution in [0.25, 0.3) is 0 Å². The third kappa shape index (κ3) is 3.70. The van der Waals surface area contributed by atoms with Crippen LogP contribution >= 0.6 is 23.2 Å². The summed E-state index contributed by atoms with van der Waals surface area (Å²) >= 11 is 12.2. The third-order valence-corrected chi connectivity index (χ3v) is 5.03. The number of aliphatic carboxylic acids is 1. The lowest BCUT2D eigenvalue weighted by Gasteiger charge is -2.25. The number of halogens is 2. The number of rotatable bonds is 4. The smallest absolute Gasteiger partial charge is 0.352 e. The third-order valence-electron chi connectivity index (χ3n) is 4.44. The SMILES string of the molecule is O=C(O)C1=C[C@@H](c2ccccc2Cl)n2ncc(C(=O)Nc3ccc(Cl)cc3)c2N1. The molecule has 7 nitrogen and oxygen atoms in total. The Kier molecular flexibility index (Phi) is 5.00. The largest absolute Gasteiger partial charge is 0.477 e. The van der Waals surface area contributed by atoms with Gasteiger partial charge in [-0.25, -0.2) is 9.48 Å². The van der Waals surface area contributed by atoms with E-state index in [-0.39, 0.29) is 17.1 Å². The lowest BCUT2D eigenvalue weighted by Crippen LogP contribution is -2.25. The highest BCUT2D eigenvalue weighted by molar-refractivity contribution is 6.31. The molecule has 0 saturated heterocycles. The van der Waals surface area contributed by atoms with Gasteiger partial charge in [-0.2, -0.15) is 5.10 Å². The van der Waals surface area contributed by atoms with Gasteiger partial charge in [-0.05, 0) is 42.0 Å². The second kappa shape index (κ2) is 7.62. The summed E-state index contributed by atoms with van der Waals surface area (Å²) < 4.78 is 1.53. The first kappa shape index (κ1) is 19.0. The number of anilines is 2. The standard InChI is InChI=1S/C20H14Cl2N4O3/c21-11-5-7-12(8-6-11)24-19(27)14-10-23-26-17(13-3-1-2-4-15(13)22)9-16(20(28)29)25-18(14)26/h1-10,17,25H,(H,24,27)(H,28,29)/t17-/m0/s1. The number of carbonyl (C=O) groups excluding carboxylic acids is 1. The van der Waals surface area contributed by atoms with E-state index < -0.39 is 17.9 Å². The summed E-state index contributed by atoms with van der Waals surface area (Å²) in [6.07, 6.45) is 2.89. The van der Waals surface area contributed by atoms with Crippen LogP contribution in [0, 0.1) is 0 Å². The number of amides is 1. The number of nitrogens with one attached hydrogen (secondary N) is 2. The first-order chi connectivity index (χ1) is 13.9. The Morgan fingerprint density at radius 1 is 1.10 bits per heavy atom. The number of carboxylic acids is 1. The monoisotopic (exact) mass is 428 g/mol. The molecule has 3 N–H and O–H groups in total. The summed E-state index contributed by atoms with van der Waals surface area (Å²) in [5, 5.41) is 20.4. The van der Waals surface area contributed by atoms with Crippen LogP contribution in [0.3, 0.4) is 0 Å². The van der Waals surface area contributed by atoms with Gasteiger partial charge in [0.25, 0.3) is 5.91 Å². The van der Waals surface area contributed by atoms with Gasteiger partial charge in [0.1, 0.15) is 23.1 Å². The van der Waals surface area contributed by atoms with Crippen molar-refractivity contribution in [3.8, 4) is 0 Å². The second-order valence-corrected chi connectivity index (χ2v) is 7.13. The van der Waals surface area contributed by atoms with Gasteiger partial charge in [0.05, 0.1) is 6.20 Å². The summed E-state index contributed by atoms with van der Waals surface area (Å²) in [5.74, 6) is -1.33. The molecule has 0 spiro atoms. The number of hydrogen-bond acceptors (Lipinski definition) is 4. The van der Waals surface area contributed by atoms with E-state index in [0.29, 0.717) is 21.3 Å². The average molecular weight is 429 g/mol. The molecular formula is C20H14Cl2N4O3. The molecule has 2 aromatic carbocycles. The fourth-order valence-corrected chi connectivity index (χ4v) is 3.43. The maximum atomic E-state index is 12.8. The molecule has 2 heterocycles. The van der Waals surface area contributed by atoms with Crippen molar-refractivity contribution in [2.75, 3.05) is 10.6 Å². The molecule has 0 saturated carbocycles. The van der Waals surface area contributed by atoms with Crippen molar-refractivity contribution in [3.63, 3.8) is 0 Å². The number of nitrogens with zero attached hydrogens (tertiary/aromatic N) is 2. The molecule has 0 radical (unpaired) electrons. The normalized spacial score (nSPS) is 15.1. The molecular weight excluding hydrogens is 415 g/mol. The van der Waals surface area contributed by atoms with Crippen LogP contribution in [0.2, 0.25) is 10.0 Å². The molecule has 0 bridgehead atoms. The zero-order valence-electron chi connectivity index (χ0n) is 14.8. The minimum atomic E-state index is -1.15. The van der Waals surface area contributed by atoms with Gasteiger partial charge >= 0.3 is 5.97 Å². The van der Waals surface area contributed by atoms with Crippen LogP contribution in [0.4, 0.5) is 11.5 Å². The highest BCUT2D eigenvalue weighted by Gasteiger charge is 2.30. The van der Waals surface area contributed by atoms with Crippen LogP contribution in [0.5, 0.6) is 0 Å². The molecule has 1 atom stereocenters. The fourth-order valence-electron chi connectivity index (χ4n) is 3.05. The number of carbonyl (C=O) groups is 2. The lowest BCUT2D eigenvalue weighted by molar-refractivity contribution is -0.132. The van der Waals surface area contributed by atoms with Crippen molar-refractivity contribution >= 4 is 46.6 Å². The van der Waals surface area contributed by atoms with Gasteiger partial charge < -0.3 is 15.7 Å².